The largest absolute Gasteiger partial charge is 0.314 e. The van der Waals surface area contributed by atoms with E-state index in [4.69, 9.17) is 0 Å². The normalized spacial score (nSPS) is 19.4. The molecule has 5 heteroatoms. The molecule has 1 aliphatic heterocycles. The van der Waals surface area contributed by atoms with Gasteiger partial charge in [-0.05, 0) is 6.54 Å². The summed E-state index contributed by atoms with van der Waals surface area (Å²) in [5.74, 6) is 0.361. The molecule has 64 valence electrons. The van der Waals surface area contributed by atoms with Crippen molar-refractivity contribution in [3.63, 3.8) is 0 Å². The summed E-state index contributed by atoms with van der Waals surface area (Å²) >= 11 is 0. The number of nitrogens with zero attached hydrogens (tertiary/aromatic N) is 2. The van der Waals surface area contributed by atoms with Gasteiger partial charge in [0.15, 0.2) is 0 Å². The molecule has 1 aliphatic rings. The number of hydrogen-bond acceptors (Lipinski definition) is 4. The van der Waals surface area contributed by atoms with Crippen LogP contribution in [0.3, 0.4) is 0 Å². The number of likely N-dealkylation sites (tertiary alicyclic amines) is 1. The Morgan fingerprint density at radius 1 is 1.73 bits per heavy atom. The molecule has 0 aromatic heterocycles. The zero-order chi connectivity index (χ0) is 8.27. The Labute approximate surface area is 65.0 Å². The predicted octanol–water partition coefficient (Wildman–Crippen LogP) is 0.146. The summed E-state index contributed by atoms with van der Waals surface area (Å²) in [7, 11) is 0. The molecule has 1 rings (SSSR count). The van der Waals surface area contributed by atoms with Gasteiger partial charge >= 0.3 is 0 Å². The fourth-order valence-corrected chi connectivity index (χ4v) is 1.21. The first-order valence-electron chi connectivity index (χ1n) is 3.72. The predicted molar refractivity (Wildman–Crippen MR) is 38.6 cm³/mol. The van der Waals surface area contributed by atoms with Crippen molar-refractivity contribution < 1.29 is 9.92 Å². The molecule has 5 nitrogen and oxygen atoms in total. The van der Waals surface area contributed by atoms with Gasteiger partial charge in [0.2, 0.25) is 0 Å². The first-order valence-corrected chi connectivity index (χ1v) is 3.72. The molecule has 1 fully saturated rings. The van der Waals surface area contributed by atoms with Crippen molar-refractivity contribution in [2.75, 3.05) is 26.2 Å². The van der Waals surface area contributed by atoms with Crippen LogP contribution in [0.2, 0.25) is 0 Å². The van der Waals surface area contributed by atoms with Gasteiger partial charge in [0, 0.05) is 19.0 Å². The lowest BCUT2D eigenvalue weighted by Gasteiger charge is -2.37. The molecule has 0 unspecified atom stereocenters. The second-order valence-electron chi connectivity index (χ2n) is 2.74. The molecule has 0 aromatic rings. The van der Waals surface area contributed by atoms with Crippen molar-refractivity contribution in [3.8, 4) is 0 Å². The minimum atomic E-state index is -0.728. The second-order valence-corrected chi connectivity index (χ2v) is 2.74. The summed E-state index contributed by atoms with van der Waals surface area (Å²) in [6, 6.07) is 0. The third-order valence-corrected chi connectivity index (χ3v) is 1.90. The molecule has 0 saturated carbocycles. The van der Waals surface area contributed by atoms with Gasteiger partial charge in [0.05, 0.1) is 0 Å². The van der Waals surface area contributed by atoms with Gasteiger partial charge in [-0.25, -0.2) is 0 Å². The van der Waals surface area contributed by atoms with E-state index >= 15 is 0 Å². The minimum absolute atomic E-state index is 0.253. The first-order chi connectivity index (χ1) is 5.22. The molecule has 11 heavy (non-hydrogen) atoms. The third kappa shape index (κ3) is 2.34. The van der Waals surface area contributed by atoms with Crippen LogP contribution in [0.15, 0.2) is 0 Å². The maximum absolute atomic E-state index is 9.76. The van der Waals surface area contributed by atoms with Crippen LogP contribution in [0.25, 0.3) is 0 Å². The maximum atomic E-state index is 9.76. The third-order valence-electron chi connectivity index (χ3n) is 1.90. The Morgan fingerprint density at radius 2 is 2.36 bits per heavy atom. The van der Waals surface area contributed by atoms with Gasteiger partial charge in [0.1, 0.15) is 6.61 Å². The Bertz CT molecular complexity index is 145. The molecule has 0 N–H and O–H groups in total. The Hall–Kier alpha value is -0.840. The van der Waals surface area contributed by atoms with E-state index < -0.39 is 5.09 Å². The Balaban J connectivity index is 2.00. The zero-order valence-electron chi connectivity index (χ0n) is 6.52. The lowest BCUT2D eigenvalue weighted by molar-refractivity contribution is -0.759. The van der Waals surface area contributed by atoms with Gasteiger partial charge in [-0.1, -0.05) is 6.92 Å². The van der Waals surface area contributed by atoms with Gasteiger partial charge in [-0.15, -0.1) is 10.1 Å². The van der Waals surface area contributed by atoms with Crippen molar-refractivity contribution in [2.24, 2.45) is 5.92 Å². The highest BCUT2D eigenvalue weighted by Crippen LogP contribution is 2.14. The van der Waals surface area contributed by atoms with E-state index in [1.165, 1.54) is 0 Å². The molecule has 1 saturated heterocycles. The molecule has 1 heterocycles. The van der Waals surface area contributed by atoms with Gasteiger partial charge in [-0.2, -0.15) is 0 Å². The van der Waals surface area contributed by atoms with Crippen LogP contribution in [-0.2, 0) is 4.84 Å². The Morgan fingerprint density at radius 3 is 2.82 bits per heavy atom. The highest BCUT2D eigenvalue weighted by molar-refractivity contribution is 4.77. The van der Waals surface area contributed by atoms with E-state index in [9.17, 15) is 10.1 Å². The fraction of sp³-hybridized carbons (Fsp3) is 1.00. The standard InChI is InChI=1S/C6H12N2O3/c1-2-7-3-6(4-7)5-11-8(9)10/h6H,2-5H2,1H3. The molecule has 0 aliphatic carbocycles. The van der Waals surface area contributed by atoms with Crippen molar-refractivity contribution >= 4 is 0 Å². The van der Waals surface area contributed by atoms with E-state index in [2.05, 4.69) is 16.7 Å². The van der Waals surface area contributed by atoms with Crippen molar-refractivity contribution in [3.05, 3.63) is 10.1 Å². The number of hydrogen-bond donors (Lipinski definition) is 0. The van der Waals surface area contributed by atoms with E-state index in [1.54, 1.807) is 0 Å². The summed E-state index contributed by atoms with van der Waals surface area (Å²) in [6.07, 6.45) is 0. The van der Waals surface area contributed by atoms with Gasteiger partial charge in [0.25, 0.3) is 5.09 Å². The summed E-state index contributed by atoms with van der Waals surface area (Å²) in [6.45, 7) is 5.22. The summed E-state index contributed by atoms with van der Waals surface area (Å²) < 4.78 is 0. The van der Waals surface area contributed by atoms with Gasteiger partial charge in [-0.3, -0.25) is 0 Å². The SMILES string of the molecule is CCN1CC(CO[N+](=O)[O-])C1. The fourth-order valence-electron chi connectivity index (χ4n) is 1.21. The lowest BCUT2D eigenvalue weighted by Crippen LogP contribution is -2.48. The van der Waals surface area contributed by atoms with E-state index in [0.29, 0.717) is 5.92 Å². The van der Waals surface area contributed by atoms with Crippen molar-refractivity contribution in [1.82, 2.24) is 4.90 Å². The van der Waals surface area contributed by atoms with Crippen LogP contribution in [-0.4, -0.2) is 36.2 Å². The highest BCUT2D eigenvalue weighted by Gasteiger charge is 2.25. The van der Waals surface area contributed by atoms with Crippen LogP contribution in [0.1, 0.15) is 6.92 Å². The average Bonchev–Trinajstić information content (AvgIpc) is 1.84. The smallest absolute Gasteiger partial charge is 0.294 e. The van der Waals surface area contributed by atoms with E-state index in [1.807, 2.05) is 0 Å². The Kier molecular flexibility index (Phi) is 2.64. The molecule has 0 radical (unpaired) electrons. The quantitative estimate of drug-likeness (QED) is 0.434. The zero-order valence-corrected chi connectivity index (χ0v) is 6.52. The van der Waals surface area contributed by atoms with E-state index in [0.717, 1.165) is 19.6 Å². The monoisotopic (exact) mass is 160 g/mol. The van der Waals surface area contributed by atoms with E-state index in [-0.39, 0.29) is 6.61 Å². The highest BCUT2D eigenvalue weighted by atomic mass is 16.9. The summed E-state index contributed by atoms with van der Waals surface area (Å²) in [5.41, 5.74) is 0. The van der Waals surface area contributed by atoms with Crippen LogP contribution >= 0.6 is 0 Å². The molecular formula is C6H12N2O3. The van der Waals surface area contributed by atoms with Crippen molar-refractivity contribution in [2.45, 2.75) is 6.92 Å². The van der Waals surface area contributed by atoms with Gasteiger partial charge < -0.3 is 9.74 Å². The molecule has 0 aromatic carbocycles. The first kappa shape index (κ1) is 8.26. The molecular weight excluding hydrogens is 148 g/mol. The summed E-state index contributed by atoms with van der Waals surface area (Å²) in [5, 5.41) is 9.04. The van der Waals surface area contributed by atoms with Crippen LogP contribution in [0.4, 0.5) is 0 Å². The molecule has 0 bridgehead atoms. The molecule has 0 amide bonds. The number of rotatable bonds is 4. The topological polar surface area (TPSA) is 55.6 Å². The molecule has 0 atom stereocenters. The van der Waals surface area contributed by atoms with Crippen LogP contribution in [0, 0.1) is 16.0 Å². The molecule has 0 spiro atoms. The van der Waals surface area contributed by atoms with Crippen molar-refractivity contribution in [1.29, 1.82) is 0 Å². The maximum Gasteiger partial charge on any atom is 0.294 e. The lowest BCUT2D eigenvalue weighted by atomic mass is 10.0. The van der Waals surface area contributed by atoms with Crippen LogP contribution < -0.4 is 0 Å². The average molecular weight is 160 g/mol. The second kappa shape index (κ2) is 3.52. The minimum Gasteiger partial charge on any atom is -0.314 e. The summed E-state index contributed by atoms with van der Waals surface area (Å²) in [4.78, 5) is 16.2. The van der Waals surface area contributed by atoms with Crippen LogP contribution in [0.5, 0.6) is 0 Å².